The summed E-state index contributed by atoms with van der Waals surface area (Å²) < 4.78 is 3.28. The standard InChI is InChI=1S/C13H14IN3/c1-3-8-15-13-16-10(2)9-17(13)12-6-4-11(14)5-7-12/h3-7,9H,1,8H2,2H3,(H,15,16). The summed E-state index contributed by atoms with van der Waals surface area (Å²) >= 11 is 2.30. The van der Waals surface area contributed by atoms with Gasteiger partial charge >= 0.3 is 0 Å². The largest absolute Gasteiger partial charge is 0.352 e. The van der Waals surface area contributed by atoms with Crippen LogP contribution in [0.15, 0.2) is 43.1 Å². The summed E-state index contributed by atoms with van der Waals surface area (Å²) in [5, 5.41) is 3.23. The normalized spacial score (nSPS) is 10.2. The molecule has 0 fully saturated rings. The molecule has 0 atom stereocenters. The van der Waals surface area contributed by atoms with Crippen molar-refractivity contribution in [2.45, 2.75) is 6.92 Å². The SMILES string of the molecule is C=CCNc1nc(C)cn1-c1ccc(I)cc1. The van der Waals surface area contributed by atoms with Gasteiger partial charge < -0.3 is 5.32 Å². The molecule has 1 N–H and O–H groups in total. The first kappa shape index (κ1) is 12.2. The van der Waals surface area contributed by atoms with Crippen molar-refractivity contribution in [3.05, 3.63) is 52.4 Å². The van der Waals surface area contributed by atoms with Crippen molar-refractivity contribution in [2.75, 3.05) is 11.9 Å². The maximum Gasteiger partial charge on any atom is 0.207 e. The molecule has 0 unspecified atom stereocenters. The van der Waals surface area contributed by atoms with Gasteiger partial charge in [-0.05, 0) is 53.8 Å². The van der Waals surface area contributed by atoms with E-state index in [4.69, 9.17) is 0 Å². The van der Waals surface area contributed by atoms with Crippen LogP contribution in [0.4, 0.5) is 5.95 Å². The summed E-state index contributed by atoms with van der Waals surface area (Å²) in [5.41, 5.74) is 2.10. The zero-order valence-corrected chi connectivity index (χ0v) is 11.8. The van der Waals surface area contributed by atoms with Crippen molar-refractivity contribution < 1.29 is 0 Å². The highest BCUT2D eigenvalue weighted by Crippen LogP contribution is 2.17. The molecule has 88 valence electrons. The summed E-state index contributed by atoms with van der Waals surface area (Å²) in [6.45, 7) is 6.39. The quantitative estimate of drug-likeness (QED) is 0.684. The Morgan fingerprint density at radius 3 is 2.76 bits per heavy atom. The minimum atomic E-state index is 0.709. The Labute approximate surface area is 115 Å². The van der Waals surface area contributed by atoms with Gasteiger partial charge in [-0.1, -0.05) is 6.08 Å². The van der Waals surface area contributed by atoms with Crippen molar-refractivity contribution in [1.29, 1.82) is 0 Å². The molecule has 0 saturated carbocycles. The van der Waals surface area contributed by atoms with Crippen LogP contribution in [0.2, 0.25) is 0 Å². The van der Waals surface area contributed by atoms with Crippen LogP contribution < -0.4 is 5.32 Å². The van der Waals surface area contributed by atoms with Gasteiger partial charge in [-0.2, -0.15) is 0 Å². The molecule has 0 amide bonds. The van der Waals surface area contributed by atoms with Crippen LogP contribution in [0, 0.1) is 10.5 Å². The molecule has 4 heteroatoms. The van der Waals surface area contributed by atoms with Gasteiger partial charge in [0.2, 0.25) is 5.95 Å². The lowest BCUT2D eigenvalue weighted by Crippen LogP contribution is -2.05. The van der Waals surface area contributed by atoms with Crippen LogP contribution >= 0.6 is 22.6 Å². The number of benzene rings is 1. The predicted molar refractivity (Wildman–Crippen MR) is 79.7 cm³/mol. The van der Waals surface area contributed by atoms with E-state index in [9.17, 15) is 0 Å². The summed E-state index contributed by atoms with van der Waals surface area (Å²) in [6.07, 6.45) is 3.84. The molecule has 0 aliphatic carbocycles. The van der Waals surface area contributed by atoms with Crippen LogP contribution in [-0.4, -0.2) is 16.1 Å². The molecule has 0 aliphatic heterocycles. The fraction of sp³-hybridized carbons (Fsp3) is 0.154. The Bertz CT molecular complexity index is 514. The first-order valence-corrected chi connectivity index (χ1v) is 6.45. The number of rotatable bonds is 4. The van der Waals surface area contributed by atoms with Crippen molar-refractivity contribution in [2.24, 2.45) is 0 Å². The Morgan fingerprint density at radius 1 is 1.41 bits per heavy atom. The fourth-order valence-electron chi connectivity index (χ4n) is 1.58. The number of hydrogen-bond donors (Lipinski definition) is 1. The second-order valence-corrected chi connectivity index (χ2v) is 4.97. The molecule has 0 bridgehead atoms. The molecule has 1 aromatic heterocycles. The predicted octanol–water partition coefficient (Wildman–Crippen LogP) is 3.38. The molecular formula is C13H14IN3. The van der Waals surface area contributed by atoms with Gasteiger partial charge in [0.25, 0.3) is 0 Å². The Hall–Kier alpha value is -1.30. The van der Waals surface area contributed by atoms with Gasteiger partial charge in [0, 0.05) is 22.0 Å². The molecule has 17 heavy (non-hydrogen) atoms. The van der Waals surface area contributed by atoms with Crippen molar-refractivity contribution in [3.8, 4) is 5.69 Å². The molecular weight excluding hydrogens is 325 g/mol. The molecule has 2 aromatic rings. The van der Waals surface area contributed by atoms with Crippen LogP contribution in [0.3, 0.4) is 0 Å². The zero-order chi connectivity index (χ0) is 12.3. The highest BCUT2D eigenvalue weighted by atomic mass is 127. The van der Waals surface area contributed by atoms with Crippen LogP contribution in [0.25, 0.3) is 5.69 Å². The zero-order valence-electron chi connectivity index (χ0n) is 9.65. The van der Waals surface area contributed by atoms with Gasteiger partial charge in [0.05, 0.1) is 5.69 Å². The number of aromatic nitrogens is 2. The first-order valence-electron chi connectivity index (χ1n) is 5.37. The molecule has 3 nitrogen and oxygen atoms in total. The molecule has 1 heterocycles. The third-order valence-corrected chi connectivity index (χ3v) is 3.05. The molecule has 0 saturated heterocycles. The molecule has 0 aliphatic rings. The highest BCUT2D eigenvalue weighted by molar-refractivity contribution is 14.1. The molecule has 0 spiro atoms. The minimum Gasteiger partial charge on any atom is -0.352 e. The Balaban J connectivity index is 2.36. The van der Waals surface area contributed by atoms with E-state index in [1.165, 1.54) is 3.57 Å². The van der Waals surface area contributed by atoms with E-state index < -0.39 is 0 Å². The third-order valence-electron chi connectivity index (χ3n) is 2.34. The van der Waals surface area contributed by atoms with E-state index in [1.54, 1.807) is 0 Å². The lowest BCUT2D eigenvalue weighted by molar-refractivity contribution is 1.04. The number of anilines is 1. The summed E-state index contributed by atoms with van der Waals surface area (Å²) in [7, 11) is 0. The van der Waals surface area contributed by atoms with E-state index in [-0.39, 0.29) is 0 Å². The smallest absolute Gasteiger partial charge is 0.207 e. The maximum atomic E-state index is 4.45. The van der Waals surface area contributed by atoms with Crippen LogP contribution in [0.1, 0.15) is 5.69 Å². The number of imidazole rings is 1. The van der Waals surface area contributed by atoms with Crippen molar-refractivity contribution >= 4 is 28.5 Å². The van der Waals surface area contributed by atoms with E-state index in [0.717, 1.165) is 17.3 Å². The van der Waals surface area contributed by atoms with E-state index >= 15 is 0 Å². The second-order valence-electron chi connectivity index (χ2n) is 3.72. The molecule has 1 aromatic carbocycles. The first-order chi connectivity index (χ1) is 8.20. The number of halogens is 1. The molecule has 2 rings (SSSR count). The van der Waals surface area contributed by atoms with Crippen LogP contribution in [0.5, 0.6) is 0 Å². The van der Waals surface area contributed by atoms with Crippen molar-refractivity contribution in [3.63, 3.8) is 0 Å². The number of hydrogen-bond acceptors (Lipinski definition) is 2. The van der Waals surface area contributed by atoms with Gasteiger partial charge in [-0.15, -0.1) is 6.58 Å². The van der Waals surface area contributed by atoms with Gasteiger partial charge in [0.15, 0.2) is 0 Å². The highest BCUT2D eigenvalue weighted by Gasteiger charge is 2.06. The van der Waals surface area contributed by atoms with Crippen LogP contribution in [-0.2, 0) is 0 Å². The maximum absolute atomic E-state index is 4.45. The van der Waals surface area contributed by atoms with Gasteiger partial charge in [-0.3, -0.25) is 4.57 Å². The van der Waals surface area contributed by atoms with E-state index in [2.05, 4.69) is 68.3 Å². The lowest BCUT2D eigenvalue weighted by Gasteiger charge is -2.08. The van der Waals surface area contributed by atoms with Crippen molar-refractivity contribution in [1.82, 2.24) is 9.55 Å². The number of aryl methyl sites for hydroxylation is 1. The van der Waals surface area contributed by atoms with Gasteiger partial charge in [-0.25, -0.2) is 4.98 Å². The number of nitrogens with zero attached hydrogens (tertiary/aromatic N) is 2. The van der Waals surface area contributed by atoms with E-state index in [1.807, 2.05) is 19.2 Å². The van der Waals surface area contributed by atoms with E-state index in [0.29, 0.717) is 6.54 Å². The van der Waals surface area contributed by atoms with Gasteiger partial charge in [0.1, 0.15) is 0 Å². The number of nitrogens with one attached hydrogen (secondary N) is 1. The third kappa shape index (κ3) is 2.88. The Kier molecular flexibility index (Phi) is 3.83. The monoisotopic (exact) mass is 339 g/mol. The lowest BCUT2D eigenvalue weighted by atomic mass is 10.3. The average Bonchev–Trinajstić information content (AvgIpc) is 2.69. The summed E-state index contributed by atoms with van der Waals surface area (Å²) in [4.78, 5) is 4.45. The summed E-state index contributed by atoms with van der Waals surface area (Å²) in [5.74, 6) is 0.851. The Morgan fingerprint density at radius 2 is 2.12 bits per heavy atom. The second kappa shape index (κ2) is 5.35. The minimum absolute atomic E-state index is 0.709. The summed E-state index contributed by atoms with van der Waals surface area (Å²) in [6, 6.07) is 8.34. The topological polar surface area (TPSA) is 29.9 Å². The molecule has 0 radical (unpaired) electrons. The fourth-order valence-corrected chi connectivity index (χ4v) is 1.94. The average molecular weight is 339 g/mol.